The smallest absolute Gasteiger partial charge is 0.423 e. The van der Waals surface area contributed by atoms with E-state index >= 15 is 4.79 Å². The van der Waals surface area contributed by atoms with Crippen molar-refractivity contribution in [2.45, 2.75) is 24.2 Å². The SMILES string of the molecule is COC(=O)N1C(=O)C2CC=C3C(CC4C(=O)N(c5cccc(Cl)c5)C(=O)C4(c4ccccc4)C3c3cccc(OC)c3O)C2C1=O. The van der Waals surface area contributed by atoms with E-state index in [1.807, 2.05) is 12.1 Å². The summed E-state index contributed by atoms with van der Waals surface area (Å²) in [5.74, 6) is -6.91. The molecule has 2 aliphatic carbocycles. The van der Waals surface area contributed by atoms with Crippen molar-refractivity contribution >= 4 is 47.0 Å². The Labute approximate surface area is 269 Å². The summed E-state index contributed by atoms with van der Waals surface area (Å²) in [4.78, 5) is 71.3. The van der Waals surface area contributed by atoms with Crippen LogP contribution in [0.3, 0.4) is 0 Å². The summed E-state index contributed by atoms with van der Waals surface area (Å²) in [6, 6.07) is 20.4. The lowest BCUT2D eigenvalue weighted by molar-refractivity contribution is -0.138. The first kappa shape index (κ1) is 29.7. The van der Waals surface area contributed by atoms with Crippen LogP contribution in [0.1, 0.15) is 29.9 Å². The number of imide groups is 4. The molecule has 10 nitrogen and oxygen atoms in total. The number of allylic oxidation sites excluding steroid dienone is 2. The van der Waals surface area contributed by atoms with Crippen LogP contribution in [0.4, 0.5) is 10.5 Å². The van der Waals surface area contributed by atoms with E-state index in [1.165, 1.54) is 7.11 Å². The zero-order chi connectivity index (χ0) is 32.5. The highest BCUT2D eigenvalue weighted by Crippen LogP contribution is 2.65. The number of phenolic OH excluding ortho intramolecular Hbond substituents is 1. The van der Waals surface area contributed by atoms with Gasteiger partial charge >= 0.3 is 6.09 Å². The van der Waals surface area contributed by atoms with E-state index in [-0.39, 0.29) is 24.3 Å². The average Bonchev–Trinajstić information content (AvgIpc) is 3.45. The number of hydrogen-bond acceptors (Lipinski definition) is 8. The summed E-state index contributed by atoms with van der Waals surface area (Å²) >= 11 is 6.33. The number of rotatable bonds is 4. The molecule has 46 heavy (non-hydrogen) atoms. The minimum atomic E-state index is -1.56. The molecule has 2 heterocycles. The van der Waals surface area contributed by atoms with Crippen LogP contribution >= 0.6 is 11.6 Å². The van der Waals surface area contributed by atoms with Crippen LogP contribution in [0.2, 0.25) is 5.02 Å². The summed E-state index contributed by atoms with van der Waals surface area (Å²) in [5.41, 5.74) is 0.249. The Bertz CT molecular complexity index is 1860. The van der Waals surface area contributed by atoms with Gasteiger partial charge in [-0.15, -0.1) is 0 Å². The van der Waals surface area contributed by atoms with Gasteiger partial charge in [0.25, 0.3) is 0 Å². The number of anilines is 1. The number of carbonyl (C=O) groups is 5. The molecular formula is C35H29ClN2O8. The summed E-state index contributed by atoms with van der Waals surface area (Å²) in [6.45, 7) is 0. The third kappa shape index (κ3) is 3.92. The Morgan fingerprint density at radius 1 is 0.913 bits per heavy atom. The van der Waals surface area contributed by atoms with Crippen LogP contribution in [0.15, 0.2) is 84.4 Å². The molecule has 11 heteroatoms. The maximum atomic E-state index is 15.2. The number of carbonyl (C=O) groups excluding carboxylic acids is 5. The zero-order valence-electron chi connectivity index (χ0n) is 24.9. The van der Waals surface area contributed by atoms with E-state index in [9.17, 15) is 24.3 Å². The molecule has 0 bridgehead atoms. The fraction of sp³-hybridized carbons (Fsp3) is 0.286. The molecule has 7 rings (SSSR count). The number of amides is 5. The lowest BCUT2D eigenvalue weighted by Gasteiger charge is -2.50. The van der Waals surface area contributed by atoms with Gasteiger partial charge in [0.2, 0.25) is 23.6 Å². The first-order valence-corrected chi connectivity index (χ1v) is 15.3. The third-order valence-corrected chi connectivity index (χ3v) is 10.3. The predicted octanol–water partition coefficient (Wildman–Crippen LogP) is 4.98. The van der Waals surface area contributed by atoms with E-state index in [1.54, 1.807) is 66.7 Å². The minimum Gasteiger partial charge on any atom is -0.504 e. The molecule has 4 aliphatic rings. The number of hydrogen-bond donors (Lipinski definition) is 1. The van der Waals surface area contributed by atoms with E-state index in [0.29, 0.717) is 32.3 Å². The lowest BCUT2D eigenvalue weighted by Crippen LogP contribution is -2.53. The Morgan fingerprint density at radius 3 is 2.35 bits per heavy atom. The molecule has 1 saturated carbocycles. The van der Waals surface area contributed by atoms with Crippen LogP contribution in [0.25, 0.3) is 0 Å². The number of methoxy groups -OCH3 is 2. The molecule has 3 aromatic carbocycles. The number of ether oxygens (including phenoxy) is 2. The fourth-order valence-corrected chi connectivity index (χ4v) is 8.48. The number of aromatic hydroxyl groups is 1. The van der Waals surface area contributed by atoms with Crippen LogP contribution < -0.4 is 9.64 Å². The van der Waals surface area contributed by atoms with E-state index in [0.717, 1.165) is 12.0 Å². The molecule has 0 radical (unpaired) electrons. The molecule has 2 aliphatic heterocycles. The normalized spacial score (nSPS) is 28.4. The van der Waals surface area contributed by atoms with Gasteiger partial charge in [-0.05, 0) is 48.6 Å². The van der Waals surface area contributed by atoms with Crippen molar-refractivity contribution in [3.8, 4) is 11.5 Å². The second kappa shape index (κ2) is 10.8. The number of para-hydroxylation sites is 1. The van der Waals surface area contributed by atoms with Gasteiger partial charge in [0.1, 0.15) is 0 Å². The summed E-state index contributed by atoms with van der Waals surface area (Å²) in [5, 5.41) is 12.0. The van der Waals surface area contributed by atoms with Crippen molar-refractivity contribution in [1.82, 2.24) is 4.90 Å². The topological polar surface area (TPSA) is 131 Å². The molecule has 3 aromatic rings. The van der Waals surface area contributed by atoms with Crippen LogP contribution in [-0.4, -0.2) is 53.9 Å². The number of likely N-dealkylation sites (tertiary alicyclic amines) is 1. The van der Waals surface area contributed by atoms with Crippen molar-refractivity contribution in [3.05, 3.63) is 101 Å². The van der Waals surface area contributed by atoms with Gasteiger partial charge in [0.05, 0.1) is 43.1 Å². The van der Waals surface area contributed by atoms with Gasteiger partial charge in [-0.3, -0.25) is 19.2 Å². The number of fused-ring (bicyclic) bond motifs is 4. The molecule has 1 N–H and O–H groups in total. The second-order valence-electron chi connectivity index (χ2n) is 12.0. The molecular weight excluding hydrogens is 612 g/mol. The van der Waals surface area contributed by atoms with Crippen molar-refractivity contribution in [2.24, 2.45) is 23.7 Å². The summed E-state index contributed by atoms with van der Waals surface area (Å²) in [7, 11) is 2.51. The molecule has 0 aromatic heterocycles. The number of benzene rings is 3. The highest BCUT2D eigenvalue weighted by atomic mass is 35.5. The highest BCUT2D eigenvalue weighted by molar-refractivity contribution is 6.32. The quantitative estimate of drug-likeness (QED) is 0.312. The Kier molecular flexibility index (Phi) is 7.01. The lowest BCUT2D eigenvalue weighted by atomic mass is 9.49. The van der Waals surface area contributed by atoms with Gasteiger partial charge in [-0.25, -0.2) is 9.69 Å². The minimum absolute atomic E-state index is 0.0405. The fourth-order valence-electron chi connectivity index (χ4n) is 8.30. The van der Waals surface area contributed by atoms with Crippen molar-refractivity contribution in [2.75, 3.05) is 19.1 Å². The average molecular weight is 641 g/mol. The Balaban J connectivity index is 1.51. The van der Waals surface area contributed by atoms with E-state index in [2.05, 4.69) is 0 Å². The zero-order valence-corrected chi connectivity index (χ0v) is 25.6. The molecule has 6 atom stereocenters. The number of nitrogens with zero attached hydrogens (tertiary/aromatic N) is 2. The Morgan fingerprint density at radius 2 is 1.65 bits per heavy atom. The Hall–Kier alpha value is -4.96. The van der Waals surface area contributed by atoms with E-state index in [4.69, 9.17) is 21.1 Å². The van der Waals surface area contributed by atoms with Crippen molar-refractivity contribution in [3.63, 3.8) is 0 Å². The second-order valence-corrected chi connectivity index (χ2v) is 12.4. The van der Waals surface area contributed by atoms with Gasteiger partial charge in [0.15, 0.2) is 11.5 Å². The molecule has 234 valence electrons. The van der Waals surface area contributed by atoms with Crippen molar-refractivity contribution < 1.29 is 38.6 Å². The summed E-state index contributed by atoms with van der Waals surface area (Å²) < 4.78 is 10.2. The first-order chi connectivity index (χ1) is 22.2. The summed E-state index contributed by atoms with van der Waals surface area (Å²) in [6.07, 6.45) is 0.924. The third-order valence-electron chi connectivity index (χ3n) is 10.1. The molecule has 0 spiro atoms. The van der Waals surface area contributed by atoms with Crippen LogP contribution in [-0.2, 0) is 29.3 Å². The standard InChI is InChI=1S/C35H29ClN2O8/c1-45-26-13-7-12-23(29(26)39)28-21-14-15-22-27(32(42)38(30(22)40)34(44)46-2)24(21)17-25-31(41)37(20-11-6-10-19(36)16-20)33(43)35(25,28)18-8-4-3-5-9-18/h3-14,16,22,24-25,27-28,39H,15,17H2,1-2H3. The largest absolute Gasteiger partial charge is 0.504 e. The number of phenols is 1. The van der Waals surface area contributed by atoms with Gasteiger partial charge < -0.3 is 14.6 Å². The first-order valence-electron chi connectivity index (χ1n) is 14.9. The van der Waals surface area contributed by atoms with Gasteiger partial charge in [-0.1, -0.05) is 71.8 Å². The maximum Gasteiger partial charge on any atom is 0.423 e. The molecule has 6 unspecified atom stereocenters. The van der Waals surface area contributed by atoms with Gasteiger partial charge in [0, 0.05) is 16.5 Å². The molecule has 2 saturated heterocycles. The molecule has 5 amide bonds. The predicted molar refractivity (Wildman–Crippen MR) is 165 cm³/mol. The van der Waals surface area contributed by atoms with Gasteiger partial charge in [-0.2, -0.15) is 4.90 Å². The maximum absolute atomic E-state index is 15.2. The van der Waals surface area contributed by atoms with Crippen molar-refractivity contribution in [1.29, 1.82) is 0 Å². The van der Waals surface area contributed by atoms with Crippen LogP contribution in [0, 0.1) is 23.7 Å². The van der Waals surface area contributed by atoms with Crippen LogP contribution in [0.5, 0.6) is 11.5 Å². The van der Waals surface area contributed by atoms with E-state index < -0.39 is 64.7 Å². The molecule has 3 fully saturated rings. The highest BCUT2D eigenvalue weighted by Gasteiger charge is 2.70. The monoisotopic (exact) mass is 640 g/mol. The number of halogens is 1.